The van der Waals surface area contributed by atoms with Gasteiger partial charge in [-0.05, 0) is 25.9 Å². The summed E-state index contributed by atoms with van der Waals surface area (Å²) in [7, 11) is 4.17. The van der Waals surface area contributed by atoms with E-state index in [4.69, 9.17) is 11.6 Å². The number of aryl methyl sites for hydroxylation is 1. The van der Waals surface area contributed by atoms with Gasteiger partial charge in [0.2, 0.25) is 0 Å². The molecule has 0 saturated carbocycles. The van der Waals surface area contributed by atoms with Gasteiger partial charge in [-0.1, -0.05) is 32.4 Å². The first-order chi connectivity index (χ1) is 8.82. The van der Waals surface area contributed by atoms with Crippen molar-refractivity contribution in [2.75, 3.05) is 32.5 Å². The number of nitrogens with zero attached hydrogens (tertiary/aromatic N) is 3. The van der Waals surface area contributed by atoms with Crippen LogP contribution in [0.25, 0.3) is 0 Å². The van der Waals surface area contributed by atoms with Gasteiger partial charge in [0.1, 0.15) is 16.8 Å². The Morgan fingerprint density at radius 3 is 2.58 bits per heavy atom. The molecule has 0 atom stereocenters. The normalized spacial score (nSPS) is 11.9. The maximum atomic E-state index is 6.02. The second kappa shape index (κ2) is 7.06. The highest BCUT2D eigenvalue weighted by Gasteiger charge is 2.19. The Bertz CT molecular complexity index is 404. The fourth-order valence-electron chi connectivity index (χ4n) is 2.13. The molecule has 0 amide bonds. The molecule has 0 unspecified atom stereocenters. The van der Waals surface area contributed by atoms with Crippen LogP contribution in [0.1, 0.15) is 33.0 Å². The lowest BCUT2D eigenvalue weighted by Crippen LogP contribution is -2.34. The van der Waals surface area contributed by atoms with Crippen molar-refractivity contribution in [3.05, 3.63) is 17.0 Å². The van der Waals surface area contributed by atoms with Crippen molar-refractivity contribution in [3.8, 4) is 0 Å². The van der Waals surface area contributed by atoms with E-state index >= 15 is 0 Å². The summed E-state index contributed by atoms with van der Waals surface area (Å²) in [5.74, 6) is 1.62. The van der Waals surface area contributed by atoms with Crippen LogP contribution in [0.3, 0.4) is 0 Å². The molecular formula is C14H25ClN4. The summed E-state index contributed by atoms with van der Waals surface area (Å²) in [5, 5.41) is 3.87. The Labute approximate surface area is 121 Å². The van der Waals surface area contributed by atoms with Gasteiger partial charge >= 0.3 is 0 Å². The summed E-state index contributed by atoms with van der Waals surface area (Å²) < 4.78 is 0. The number of aromatic nitrogens is 2. The van der Waals surface area contributed by atoms with Crippen molar-refractivity contribution >= 4 is 17.4 Å². The smallest absolute Gasteiger partial charge is 0.134 e. The summed E-state index contributed by atoms with van der Waals surface area (Å²) in [6.07, 6.45) is 1.88. The number of nitrogens with one attached hydrogen (secondary N) is 1. The van der Waals surface area contributed by atoms with E-state index < -0.39 is 0 Å². The lowest BCUT2D eigenvalue weighted by molar-refractivity contribution is 0.254. The molecule has 0 saturated heterocycles. The van der Waals surface area contributed by atoms with Crippen molar-refractivity contribution in [3.63, 3.8) is 0 Å². The van der Waals surface area contributed by atoms with Gasteiger partial charge in [-0.25, -0.2) is 9.97 Å². The Hall–Kier alpha value is -0.870. The first-order valence-electron chi connectivity index (χ1n) is 6.74. The van der Waals surface area contributed by atoms with E-state index in [2.05, 4.69) is 55.1 Å². The van der Waals surface area contributed by atoms with Crippen LogP contribution < -0.4 is 5.32 Å². The van der Waals surface area contributed by atoms with Crippen molar-refractivity contribution in [2.24, 2.45) is 5.41 Å². The number of anilines is 1. The van der Waals surface area contributed by atoms with Crippen molar-refractivity contribution < 1.29 is 0 Å². The third-order valence-corrected chi connectivity index (χ3v) is 2.90. The molecule has 5 heteroatoms. The molecule has 0 spiro atoms. The Morgan fingerprint density at radius 2 is 2.00 bits per heavy atom. The van der Waals surface area contributed by atoms with E-state index in [9.17, 15) is 0 Å². The molecule has 0 radical (unpaired) electrons. The maximum absolute atomic E-state index is 6.02. The van der Waals surface area contributed by atoms with E-state index in [0.29, 0.717) is 5.15 Å². The minimum atomic E-state index is 0.172. The molecule has 0 bridgehead atoms. The minimum absolute atomic E-state index is 0.172. The van der Waals surface area contributed by atoms with Crippen LogP contribution in [0.2, 0.25) is 5.15 Å². The largest absolute Gasteiger partial charge is 0.369 e. The molecule has 1 aromatic rings. The third kappa shape index (κ3) is 6.21. The van der Waals surface area contributed by atoms with Gasteiger partial charge in [-0.2, -0.15) is 0 Å². The van der Waals surface area contributed by atoms with Crippen molar-refractivity contribution in [1.82, 2.24) is 14.9 Å². The highest BCUT2D eigenvalue weighted by molar-refractivity contribution is 6.29. The second-order valence-corrected chi connectivity index (χ2v) is 6.38. The molecule has 0 aliphatic carbocycles. The average Bonchev–Trinajstić information content (AvgIpc) is 2.24. The SMILES string of the molecule is CCCc1nc(Cl)cc(NCC(C)(C)CN(C)C)n1. The Balaban J connectivity index is 2.66. The lowest BCUT2D eigenvalue weighted by Gasteiger charge is -2.28. The van der Waals surface area contributed by atoms with E-state index in [0.717, 1.165) is 37.6 Å². The van der Waals surface area contributed by atoms with Crippen molar-refractivity contribution in [1.29, 1.82) is 0 Å². The standard InChI is InChI=1S/C14H25ClN4/c1-6-7-12-17-11(15)8-13(18-12)16-9-14(2,3)10-19(4)5/h8H,6-7,9-10H2,1-5H3,(H,16,17,18). The summed E-state index contributed by atoms with van der Waals surface area (Å²) in [4.78, 5) is 10.9. The molecule has 1 N–H and O–H groups in total. The molecule has 1 aromatic heterocycles. The molecule has 0 fully saturated rings. The average molecular weight is 285 g/mol. The van der Waals surface area contributed by atoms with Crippen LogP contribution in [0.5, 0.6) is 0 Å². The molecule has 1 heterocycles. The minimum Gasteiger partial charge on any atom is -0.369 e. The molecule has 108 valence electrons. The van der Waals surface area contributed by atoms with Crippen LogP contribution in [0, 0.1) is 5.41 Å². The van der Waals surface area contributed by atoms with Gasteiger partial charge in [0.15, 0.2) is 0 Å². The monoisotopic (exact) mass is 284 g/mol. The molecule has 0 aliphatic rings. The fraction of sp³-hybridized carbons (Fsp3) is 0.714. The molecule has 0 aliphatic heterocycles. The number of hydrogen-bond donors (Lipinski definition) is 1. The summed E-state index contributed by atoms with van der Waals surface area (Å²) in [6.45, 7) is 8.44. The molecule has 0 aromatic carbocycles. The van der Waals surface area contributed by atoms with Crippen molar-refractivity contribution in [2.45, 2.75) is 33.6 Å². The highest BCUT2D eigenvalue weighted by atomic mass is 35.5. The predicted molar refractivity (Wildman–Crippen MR) is 81.9 cm³/mol. The lowest BCUT2D eigenvalue weighted by atomic mass is 9.93. The quantitative estimate of drug-likeness (QED) is 0.781. The Kier molecular flexibility index (Phi) is 6.01. The van der Waals surface area contributed by atoms with Gasteiger partial charge in [-0.15, -0.1) is 0 Å². The van der Waals surface area contributed by atoms with Gasteiger partial charge in [0.25, 0.3) is 0 Å². The van der Waals surface area contributed by atoms with Gasteiger partial charge < -0.3 is 10.2 Å². The van der Waals surface area contributed by atoms with Gasteiger partial charge in [0, 0.05) is 25.6 Å². The zero-order chi connectivity index (χ0) is 14.5. The van der Waals surface area contributed by atoms with Crippen LogP contribution in [-0.4, -0.2) is 42.1 Å². The zero-order valence-electron chi connectivity index (χ0n) is 12.6. The first kappa shape index (κ1) is 16.2. The summed E-state index contributed by atoms with van der Waals surface area (Å²) in [6, 6.07) is 1.78. The van der Waals surface area contributed by atoms with E-state index in [-0.39, 0.29) is 5.41 Å². The predicted octanol–water partition coefficient (Wildman–Crippen LogP) is 3.08. The second-order valence-electron chi connectivity index (χ2n) is 6.00. The van der Waals surface area contributed by atoms with E-state index in [1.54, 1.807) is 6.07 Å². The number of hydrogen-bond acceptors (Lipinski definition) is 4. The third-order valence-electron chi connectivity index (χ3n) is 2.71. The fourth-order valence-corrected chi connectivity index (χ4v) is 2.33. The van der Waals surface area contributed by atoms with Crippen LogP contribution >= 0.6 is 11.6 Å². The van der Waals surface area contributed by atoms with E-state index in [1.807, 2.05) is 0 Å². The molecule has 4 nitrogen and oxygen atoms in total. The van der Waals surface area contributed by atoms with Crippen LogP contribution in [-0.2, 0) is 6.42 Å². The summed E-state index contributed by atoms with van der Waals surface area (Å²) >= 11 is 6.02. The molecule has 19 heavy (non-hydrogen) atoms. The first-order valence-corrected chi connectivity index (χ1v) is 7.12. The van der Waals surface area contributed by atoms with Gasteiger partial charge in [0.05, 0.1) is 0 Å². The van der Waals surface area contributed by atoms with Gasteiger partial charge in [-0.3, -0.25) is 0 Å². The maximum Gasteiger partial charge on any atom is 0.134 e. The topological polar surface area (TPSA) is 41.1 Å². The number of rotatable bonds is 7. The van der Waals surface area contributed by atoms with Crippen LogP contribution in [0.4, 0.5) is 5.82 Å². The Morgan fingerprint density at radius 1 is 1.32 bits per heavy atom. The zero-order valence-corrected chi connectivity index (χ0v) is 13.4. The van der Waals surface area contributed by atoms with Crippen LogP contribution in [0.15, 0.2) is 6.07 Å². The summed E-state index contributed by atoms with van der Waals surface area (Å²) in [5.41, 5.74) is 0.172. The van der Waals surface area contributed by atoms with E-state index in [1.165, 1.54) is 0 Å². The molecule has 1 rings (SSSR count). The number of halogens is 1. The molecular weight excluding hydrogens is 260 g/mol. The highest BCUT2D eigenvalue weighted by Crippen LogP contribution is 2.18.